The normalized spacial score (nSPS) is 34.8. The maximum atomic E-state index is 11.8. The van der Waals surface area contributed by atoms with Crippen molar-refractivity contribution in [3.8, 4) is 0 Å². The van der Waals surface area contributed by atoms with Crippen LogP contribution in [0.2, 0.25) is 0 Å². The van der Waals surface area contributed by atoms with Crippen molar-refractivity contribution in [2.24, 2.45) is 0 Å². The van der Waals surface area contributed by atoms with Crippen LogP contribution < -0.4 is 0 Å². The van der Waals surface area contributed by atoms with E-state index in [-0.39, 0.29) is 11.3 Å². The summed E-state index contributed by atoms with van der Waals surface area (Å²) in [5.41, 5.74) is 0. The number of hydrogen-bond donors (Lipinski definition) is 0. The predicted molar refractivity (Wildman–Crippen MR) is 52.8 cm³/mol. The molecule has 0 spiro atoms. The van der Waals surface area contributed by atoms with Gasteiger partial charge in [-0.15, -0.1) is 11.6 Å². The first-order valence-electron chi connectivity index (χ1n) is 5.16. The number of carbonyl (C=O) groups is 1. The average molecular weight is 202 g/mol. The van der Waals surface area contributed by atoms with Crippen molar-refractivity contribution in [2.45, 2.75) is 56.5 Å². The summed E-state index contributed by atoms with van der Waals surface area (Å²) in [6.07, 6.45) is 6.05. The molecule has 0 aromatic heterocycles. The number of fused-ring (bicyclic) bond motifs is 2. The zero-order valence-corrected chi connectivity index (χ0v) is 8.76. The molecule has 2 bridgehead atoms. The van der Waals surface area contributed by atoms with Gasteiger partial charge in [-0.2, -0.15) is 0 Å². The molecule has 0 N–H and O–H groups in total. The third-order valence-electron chi connectivity index (χ3n) is 3.29. The monoisotopic (exact) mass is 201 g/mol. The van der Waals surface area contributed by atoms with Crippen LogP contribution in [0.25, 0.3) is 0 Å². The minimum atomic E-state index is -0.346. The largest absolute Gasteiger partial charge is 0.335 e. The molecule has 2 heterocycles. The van der Waals surface area contributed by atoms with Gasteiger partial charge in [0.1, 0.15) is 5.38 Å². The number of carbonyl (C=O) groups excluding carboxylic acids is 1. The van der Waals surface area contributed by atoms with Gasteiger partial charge in [0.2, 0.25) is 5.91 Å². The second-order valence-electron chi connectivity index (χ2n) is 4.18. The average Bonchev–Trinajstić information content (AvgIpc) is 2.34. The maximum absolute atomic E-state index is 11.8. The summed E-state index contributed by atoms with van der Waals surface area (Å²) in [5.74, 6) is 0.147. The molecule has 3 atom stereocenters. The van der Waals surface area contributed by atoms with E-state index in [1.165, 1.54) is 32.1 Å². The molecular formula is C10H16ClNO. The molecule has 1 amide bonds. The summed E-state index contributed by atoms with van der Waals surface area (Å²) < 4.78 is 0. The van der Waals surface area contributed by atoms with Gasteiger partial charge in [-0.25, -0.2) is 0 Å². The van der Waals surface area contributed by atoms with Gasteiger partial charge in [-0.1, -0.05) is 0 Å². The van der Waals surface area contributed by atoms with Crippen LogP contribution in [0.1, 0.15) is 39.0 Å². The third-order valence-corrected chi connectivity index (χ3v) is 3.48. The van der Waals surface area contributed by atoms with E-state index in [4.69, 9.17) is 11.6 Å². The number of hydrogen-bond acceptors (Lipinski definition) is 1. The highest BCUT2D eigenvalue weighted by molar-refractivity contribution is 6.30. The molecule has 0 saturated carbocycles. The number of piperidine rings is 1. The van der Waals surface area contributed by atoms with E-state index in [1.54, 1.807) is 6.92 Å². The van der Waals surface area contributed by atoms with Crippen molar-refractivity contribution < 1.29 is 4.79 Å². The van der Waals surface area contributed by atoms with Crippen molar-refractivity contribution >= 4 is 17.5 Å². The molecule has 0 aliphatic carbocycles. The van der Waals surface area contributed by atoms with Crippen LogP contribution in [-0.2, 0) is 4.79 Å². The highest BCUT2D eigenvalue weighted by atomic mass is 35.5. The quantitative estimate of drug-likeness (QED) is 0.596. The van der Waals surface area contributed by atoms with Gasteiger partial charge in [0.25, 0.3) is 0 Å². The van der Waals surface area contributed by atoms with E-state index >= 15 is 0 Å². The summed E-state index contributed by atoms with van der Waals surface area (Å²) in [6, 6.07) is 1.01. The van der Waals surface area contributed by atoms with Crippen LogP contribution in [0.5, 0.6) is 0 Å². The molecule has 0 aromatic rings. The third kappa shape index (κ3) is 1.56. The van der Waals surface area contributed by atoms with Gasteiger partial charge in [0.05, 0.1) is 0 Å². The highest BCUT2D eigenvalue weighted by Crippen LogP contribution is 2.36. The molecule has 2 aliphatic rings. The Bertz CT molecular complexity index is 201. The zero-order chi connectivity index (χ0) is 9.42. The van der Waals surface area contributed by atoms with Crippen molar-refractivity contribution in [1.29, 1.82) is 0 Å². The van der Waals surface area contributed by atoms with Gasteiger partial charge >= 0.3 is 0 Å². The molecule has 2 saturated heterocycles. The fourth-order valence-corrected chi connectivity index (χ4v) is 2.80. The summed E-state index contributed by atoms with van der Waals surface area (Å²) in [6.45, 7) is 1.78. The Kier molecular flexibility index (Phi) is 2.50. The summed E-state index contributed by atoms with van der Waals surface area (Å²) in [5, 5.41) is -0.346. The van der Waals surface area contributed by atoms with E-state index in [9.17, 15) is 4.79 Å². The summed E-state index contributed by atoms with van der Waals surface area (Å²) in [7, 11) is 0. The van der Waals surface area contributed by atoms with Gasteiger partial charge in [0, 0.05) is 12.1 Å². The minimum absolute atomic E-state index is 0.147. The first-order chi connectivity index (χ1) is 6.20. The smallest absolute Gasteiger partial charge is 0.240 e. The molecule has 0 aromatic carbocycles. The predicted octanol–water partition coefficient (Wildman–Crippen LogP) is 2.16. The van der Waals surface area contributed by atoms with E-state index in [1.807, 2.05) is 0 Å². The minimum Gasteiger partial charge on any atom is -0.335 e. The van der Waals surface area contributed by atoms with Crippen LogP contribution in [0, 0.1) is 0 Å². The summed E-state index contributed by atoms with van der Waals surface area (Å²) in [4.78, 5) is 13.8. The molecule has 2 nitrogen and oxygen atoms in total. The lowest BCUT2D eigenvalue weighted by molar-refractivity contribution is -0.134. The van der Waals surface area contributed by atoms with E-state index in [2.05, 4.69) is 4.90 Å². The SMILES string of the molecule is CC(Cl)C(=O)N1C2CCCC1CC2. The number of rotatable bonds is 1. The number of nitrogens with zero attached hydrogens (tertiary/aromatic N) is 1. The standard InChI is InChI=1S/C10H16ClNO/c1-7(11)10(13)12-8-3-2-4-9(12)6-5-8/h7-9H,2-6H2,1H3. The second-order valence-corrected chi connectivity index (χ2v) is 4.83. The number of halogens is 1. The van der Waals surface area contributed by atoms with E-state index in [0.29, 0.717) is 12.1 Å². The van der Waals surface area contributed by atoms with Crippen LogP contribution >= 0.6 is 11.6 Å². The summed E-state index contributed by atoms with van der Waals surface area (Å²) >= 11 is 5.83. The molecule has 2 rings (SSSR count). The topological polar surface area (TPSA) is 20.3 Å². The fraction of sp³-hybridized carbons (Fsp3) is 0.900. The second kappa shape index (κ2) is 3.49. The van der Waals surface area contributed by atoms with Gasteiger partial charge in [-0.3, -0.25) is 4.79 Å². The van der Waals surface area contributed by atoms with Gasteiger partial charge < -0.3 is 4.90 Å². The van der Waals surface area contributed by atoms with Crippen LogP contribution in [0.15, 0.2) is 0 Å². The fourth-order valence-electron chi connectivity index (χ4n) is 2.68. The Labute approximate surface area is 84.2 Å². The molecule has 3 unspecified atom stereocenters. The van der Waals surface area contributed by atoms with E-state index < -0.39 is 0 Å². The lowest BCUT2D eigenvalue weighted by atomic mass is 10.0. The van der Waals surface area contributed by atoms with Crippen LogP contribution in [0.3, 0.4) is 0 Å². The highest BCUT2D eigenvalue weighted by Gasteiger charge is 2.40. The molecule has 2 aliphatic heterocycles. The Morgan fingerprint density at radius 1 is 1.31 bits per heavy atom. The molecule has 0 radical (unpaired) electrons. The van der Waals surface area contributed by atoms with Crippen LogP contribution in [0.4, 0.5) is 0 Å². The van der Waals surface area contributed by atoms with Gasteiger partial charge in [-0.05, 0) is 39.0 Å². The number of amides is 1. The first-order valence-corrected chi connectivity index (χ1v) is 5.60. The van der Waals surface area contributed by atoms with Crippen molar-refractivity contribution in [3.63, 3.8) is 0 Å². The maximum Gasteiger partial charge on any atom is 0.240 e. The Balaban J connectivity index is 2.10. The molecular weight excluding hydrogens is 186 g/mol. The van der Waals surface area contributed by atoms with Crippen molar-refractivity contribution in [2.75, 3.05) is 0 Å². The zero-order valence-electron chi connectivity index (χ0n) is 8.00. The lowest BCUT2D eigenvalue weighted by Crippen LogP contribution is -2.46. The Morgan fingerprint density at radius 2 is 1.85 bits per heavy atom. The lowest BCUT2D eigenvalue weighted by Gasteiger charge is -2.35. The van der Waals surface area contributed by atoms with Crippen molar-refractivity contribution in [3.05, 3.63) is 0 Å². The molecule has 2 fully saturated rings. The molecule has 13 heavy (non-hydrogen) atoms. The number of alkyl halides is 1. The first kappa shape index (κ1) is 9.32. The van der Waals surface area contributed by atoms with Crippen molar-refractivity contribution in [1.82, 2.24) is 4.90 Å². The Morgan fingerprint density at radius 3 is 2.31 bits per heavy atom. The molecule has 3 heteroatoms. The molecule has 74 valence electrons. The van der Waals surface area contributed by atoms with Crippen LogP contribution in [-0.4, -0.2) is 28.3 Å². The van der Waals surface area contributed by atoms with E-state index in [0.717, 1.165) is 0 Å². The Hall–Kier alpha value is -0.240. The van der Waals surface area contributed by atoms with Gasteiger partial charge in [0.15, 0.2) is 0 Å².